The van der Waals surface area contributed by atoms with Crippen LogP contribution in [0.4, 0.5) is 11.8 Å². The summed E-state index contributed by atoms with van der Waals surface area (Å²) in [4.78, 5) is 22.9. The molecule has 1 aromatic carbocycles. The summed E-state index contributed by atoms with van der Waals surface area (Å²) >= 11 is 0. The maximum Gasteiger partial charge on any atom is 0.249 e. The molecule has 1 saturated heterocycles. The summed E-state index contributed by atoms with van der Waals surface area (Å²) in [6.07, 6.45) is 0.377. The largest absolute Gasteiger partial charge is 0.493 e. The number of carbonyl (C=O) groups excluding carboxylic acids is 1. The molecule has 0 saturated carbocycles. The van der Waals surface area contributed by atoms with Crippen molar-refractivity contribution in [3.63, 3.8) is 0 Å². The van der Waals surface area contributed by atoms with Crippen molar-refractivity contribution < 1.29 is 20.4 Å². The standard InChI is InChI=1S/C19H27N5O4/c1-24(8-5-7-21-18(25)14-6-4-9-28-14)19-22-13-11-16(27-3)15(26-2)10-12(13)17(20)23-19/h10-11,14H,4-9H2,1-3H3,(H,21,25)(H2,20,22,23)/i14D. The Morgan fingerprint density at radius 2 is 2.14 bits per heavy atom. The Kier molecular flexibility index (Phi) is 5.91. The zero-order valence-corrected chi connectivity index (χ0v) is 16.4. The van der Waals surface area contributed by atoms with Gasteiger partial charge in [-0.1, -0.05) is 0 Å². The molecule has 1 aromatic heterocycles. The molecule has 2 heterocycles. The summed E-state index contributed by atoms with van der Waals surface area (Å²) in [5.74, 6) is 1.56. The lowest BCUT2D eigenvalue weighted by Gasteiger charge is -2.19. The number of methoxy groups -OCH3 is 2. The van der Waals surface area contributed by atoms with Crippen LogP contribution in [0, 0.1) is 0 Å². The van der Waals surface area contributed by atoms with Gasteiger partial charge in [0.15, 0.2) is 11.5 Å². The van der Waals surface area contributed by atoms with E-state index in [4.69, 9.17) is 21.3 Å². The van der Waals surface area contributed by atoms with Crippen LogP contribution in [-0.2, 0) is 9.53 Å². The Labute approximate surface area is 165 Å². The Balaban J connectivity index is 1.63. The summed E-state index contributed by atoms with van der Waals surface area (Å²) in [7, 11) is 4.98. The van der Waals surface area contributed by atoms with Crippen molar-refractivity contribution >= 4 is 28.6 Å². The van der Waals surface area contributed by atoms with E-state index in [9.17, 15) is 4.79 Å². The number of nitrogens with one attached hydrogen (secondary N) is 1. The number of nitrogens with zero attached hydrogens (tertiary/aromatic N) is 3. The molecule has 2 aromatic rings. The molecule has 1 unspecified atom stereocenters. The number of nitrogens with two attached hydrogens (primary N) is 1. The number of rotatable bonds is 8. The predicted octanol–water partition coefficient (Wildman–Crippen LogP) is 1.35. The molecular weight excluding hydrogens is 362 g/mol. The smallest absolute Gasteiger partial charge is 0.249 e. The fourth-order valence-electron chi connectivity index (χ4n) is 3.03. The first-order chi connectivity index (χ1) is 13.9. The number of anilines is 2. The highest BCUT2D eigenvalue weighted by Gasteiger charge is 2.22. The van der Waals surface area contributed by atoms with Crippen molar-refractivity contribution in [3.8, 4) is 11.5 Å². The normalized spacial score (nSPS) is 19.3. The summed E-state index contributed by atoms with van der Waals surface area (Å²) in [5, 5.41) is 3.45. The number of nitrogen functional groups attached to an aromatic ring is 1. The minimum Gasteiger partial charge on any atom is -0.493 e. The minimum atomic E-state index is -1.44. The first kappa shape index (κ1) is 18.5. The number of aromatic nitrogens is 2. The average molecular weight is 390 g/mol. The van der Waals surface area contributed by atoms with Gasteiger partial charge in [0.2, 0.25) is 11.9 Å². The first-order valence-corrected chi connectivity index (χ1v) is 9.20. The van der Waals surface area contributed by atoms with E-state index in [0.29, 0.717) is 66.7 Å². The number of carbonyl (C=O) groups is 1. The third kappa shape index (κ3) is 4.36. The van der Waals surface area contributed by atoms with Gasteiger partial charge in [0.25, 0.3) is 0 Å². The third-order valence-electron chi connectivity index (χ3n) is 4.59. The molecule has 1 atom stereocenters. The van der Waals surface area contributed by atoms with Crippen molar-refractivity contribution in [2.75, 3.05) is 51.6 Å². The minimum absolute atomic E-state index is 0.348. The van der Waals surface area contributed by atoms with E-state index < -0.39 is 6.08 Å². The Hall–Kier alpha value is -2.81. The summed E-state index contributed by atoms with van der Waals surface area (Å²) in [6, 6.07) is 3.52. The highest BCUT2D eigenvalue weighted by Crippen LogP contribution is 2.33. The summed E-state index contributed by atoms with van der Waals surface area (Å²) < 4.78 is 23.9. The van der Waals surface area contributed by atoms with Gasteiger partial charge in [-0.25, -0.2) is 4.98 Å². The molecule has 0 spiro atoms. The van der Waals surface area contributed by atoms with E-state index in [1.165, 1.54) is 0 Å². The molecular formula is C19H27N5O4. The second kappa shape index (κ2) is 8.92. The Morgan fingerprint density at radius 1 is 1.39 bits per heavy atom. The lowest BCUT2D eigenvalue weighted by atomic mass is 10.2. The van der Waals surface area contributed by atoms with Crippen molar-refractivity contribution in [3.05, 3.63) is 12.1 Å². The Morgan fingerprint density at radius 3 is 2.82 bits per heavy atom. The molecule has 28 heavy (non-hydrogen) atoms. The molecule has 152 valence electrons. The average Bonchev–Trinajstić information content (AvgIpc) is 3.17. The third-order valence-corrected chi connectivity index (χ3v) is 4.59. The number of hydrogen-bond acceptors (Lipinski definition) is 8. The van der Waals surface area contributed by atoms with Gasteiger partial charge in [-0.2, -0.15) is 4.98 Å². The highest BCUT2D eigenvalue weighted by molar-refractivity contribution is 5.91. The van der Waals surface area contributed by atoms with Crippen LogP contribution >= 0.6 is 0 Å². The number of hydrogen-bond donors (Lipinski definition) is 2. The van der Waals surface area contributed by atoms with E-state index in [-0.39, 0.29) is 5.91 Å². The van der Waals surface area contributed by atoms with Gasteiger partial charge in [0.1, 0.15) is 11.9 Å². The SMILES string of the molecule is [2H]C1(C(=O)NCCCN(C)c2nc(N)c3cc(OC)c(OC)cc3n2)CCCO1. The lowest BCUT2D eigenvalue weighted by Crippen LogP contribution is -2.36. The maximum atomic E-state index is 12.1. The van der Waals surface area contributed by atoms with E-state index in [0.717, 1.165) is 6.42 Å². The summed E-state index contributed by atoms with van der Waals surface area (Å²) in [6.45, 7) is 1.49. The van der Waals surface area contributed by atoms with E-state index in [1.807, 2.05) is 11.9 Å². The van der Waals surface area contributed by atoms with Crippen LogP contribution in [0.1, 0.15) is 20.6 Å². The van der Waals surface area contributed by atoms with Crippen molar-refractivity contribution in [1.29, 1.82) is 0 Å². The van der Waals surface area contributed by atoms with E-state index >= 15 is 0 Å². The number of fused-ring (bicyclic) bond motifs is 1. The highest BCUT2D eigenvalue weighted by atomic mass is 16.5. The van der Waals surface area contributed by atoms with Crippen LogP contribution in [0.25, 0.3) is 10.9 Å². The van der Waals surface area contributed by atoms with Gasteiger partial charge >= 0.3 is 0 Å². The monoisotopic (exact) mass is 390 g/mol. The molecule has 1 aliphatic rings. The van der Waals surface area contributed by atoms with Gasteiger partial charge in [0.05, 0.1) is 21.1 Å². The molecule has 0 bridgehead atoms. The molecule has 9 nitrogen and oxygen atoms in total. The van der Waals surface area contributed by atoms with E-state index in [1.54, 1.807) is 26.4 Å². The second-order valence-corrected chi connectivity index (χ2v) is 6.54. The molecule has 1 amide bonds. The van der Waals surface area contributed by atoms with Crippen molar-refractivity contribution in [2.24, 2.45) is 0 Å². The lowest BCUT2D eigenvalue weighted by molar-refractivity contribution is -0.130. The summed E-state index contributed by atoms with van der Waals surface area (Å²) in [5.41, 5.74) is 6.78. The topological polar surface area (TPSA) is 112 Å². The zero-order chi connectivity index (χ0) is 21.0. The van der Waals surface area contributed by atoms with Crippen LogP contribution in [-0.4, -0.2) is 62.9 Å². The van der Waals surface area contributed by atoms with Crippen LogP contribution in [0.2, 0.25) is 0 Å². The van der Waals surface area contributed by atoms with Crippen LogP contribution in [0.15, 0.2) is 12.1 Å². The fourth-order valence-corrected chi connectivity index (χ4v) is 3.03. The number of amides is 1. The molecule has 0 radical (unpaired) electrons. The van der Waals surface area contributed by atoms with Crippen molar-refractivity contribution in [1.82, 2.24) is 15.3 Å². The molecule has 0 aliphatic carbocycles. The van der Waals surface area contributed by atoms with E-state index in [2.05, 4.69) is 15.3 Å². The van der Waals surface area contributed by atoms with Gasteiger partial charge < -0.3 is 30.2 Å². The van der Waals surface area contributed by atoms with Gasteiger partial charge in [-0.3, -0.25) is 4.79 Å². The number of ether oxygens (including phenoxy) is 3. The molecule has 3 N–H and O–H groups in total. The van der Waals surface area contributed by atoms with Crippen LogP contribution in [0.3, 0.4) is 0 Å². The quantitative estimate of drug-likeness (QED) is 0.650. The van der Waals surface area contributed by atoms with Crippen molar-refractivity contribution in [2.45, 2.75) is 25.3 Å². The molecule has 1 fully saturated rings. The maximum absolute atomic E-state index is 12.1. The number of benzene rings is 1. The van der Waals surface area contributed by atoms with Crippen LogP contribution < -0.4 is 25.4 Å². The van der Waals surface area contributed by atoms with Gasteiger partial charge in [-0.05, 0) is 25.3 Å². The predicted molar refractivity (Wildman–Crippen MR) is 107 cm³/mol. The molecule has 3 rings (SSSR count). The van der Waals surface area contributed by atoms with Gasteiger partial charge in [-0.15, -0.1) is 0 Å². The van der Waals surface area contributed by atoms with Crippen LogP contribution in [0.5, 0.6) is 11.5 Å². The molecule has 1 aliphatic heterocycles. The molecule has 9 heteroatoms. The fraction of sp³-hybridized carbons (Fsp3) is 0.526. The zero-order valence-electron chi connectivity index (χ0n) is 17.4. The second-order valence-electron chi connectivity index (χ2n) is 6.54. The Bertz CT molecular complexity index is 889. The van der Waals surface area contributed by atoms with Gasteiger partial charge in [0, 0.05) is 38.2 Å². The first-order valence-electron chi connectivity index (χ1n) is 9.70.